The molecule has 0 spiro atoms. The lowest BCUT2D eigenvalue weighted by Crippen LogP contribution is -2.55. The summed E-state index contributed by atoms with van der Waals surface area (Å²) in [6, 6.07) is 3.43. The van der Waals surface area contributed by atoms with Gasteiger partial charge in [-0.15, -0.1) is 0 Å². The molecule has 4 heteroatoms. The van der Waals surface area contributed by atoms with Crippen molar-refractivity contribution in [3.05, 3.63) is 17.5 Å². The van der Waals surface area contributed by atoms with Crippen molar-refractivity contribution in [2.24, 2.45) is 13.0 Å². The van der Waals surface area contributed by atoms with E-state index in [0.29, 0.717) is 12.1 Å². The summed E-state index contributed by atoms with van der Waals surface area (Å²) < 4.78 is 2.02. The topological polar surface area (TPSA) is 33.1 Å². The quantitative estimate of drug-likeness (QED) is 0.902. The molecule has 2 rings (SSSR count). The molecule has 108 valence electrons. The van der Waals surface area contributed by atoms with E-state index in [1.165, 1.54) is 12.1 Å². The van der Waals surface area contributed by atoms with Crippen molar-refractivity contribution in [3.63, 3.8) is 0 Å². The van der Waals surface area contributed by atoms with Crippen LogP contribution in [0.4, 0.5) is 0 Å². The van der Waals surface area contributed by atoms with Crippen molar-refractivity contribution in [2.75, 3.05) is 13.1 Å². The Morgan fingerprint density at radius 3 is 2.79 bits per heavy atom. The van der Waals surface area contributed by atoms with Crippen molar-refractivity contribution in [1.29, 1.82) is 0 Å². The number of hydrogen-bond acceptors (Lipinski definition) is 3. The van der Waals surface area contributed by atoms with E-state index in [-0.39, 0.29) is 0 Å². The van der Waals surface area contributed by atoms with Crippen LogP contribution in [-0.2, 0) is 13.6 Å². The molecule has 1 N–H and O–H groups in total. The maximum atomic E-state index is 4.46. The molecule has 2 unspecified atom stereocenters. The molecule has 1 aromatic rings. The second-order valence-electron chi connectivity index (χ2n) is 6.42. The molecule has 2 atom stereocenters. The normalized spacial score (nSPS) is 25.2. The van der Waals surface area contributed by atoms with Gasteiger partial charge in [0.15, 0.2) is 0 Å². The average Bonchev–Trinajstić information content (AvgIpc) is 2.61. The molecule has 0 bridgehead atoms. The van der Waals surface area contributed by atoms with Crippen LogP contribution in [0.15, 0.2) is 6.07 Å². The van der Waals surface area contributed by atoms with Crippen LogP contribution < -0.4 is 5.32 Å². The SMILES string of the molecule is Cc1cc(CN2CC(C)NCC2CC(C)C)n(C)n1. The highest BCUT2D eigenvalue weighted by molar-refractivity contribution is 5.09. The molecule has 1 fully saturated rings. The van der Waals surface area contributed by atoms with Gasteiger partial charge in [-0.05, 0) is 32.3 Å². The predicted molar refractivity (Wildman–Crippen MR) is 79.1 cm³/mol. The Labute approximate surface area is 117 Å². The van der Waals surface area contributed by atoms with Crippen LogP contribution in [0.3, 0.4) is 0 Å². The molecule has 19 heavy (non-hydrogen) atoms. The van der Waals surface area contributed by atoms with Crippen molar-refractivity contribution >= 4 is 0 Å². The van der Waals surface area contributed by atoms with E-state index in [9.17, 15) is 0 Å². The van der Waals surface area contributed by atoms with Crippen LogP contribution in [0.1, 0.15) is 38.6 Å². The Kier molecular flexibility index (Phi) is 4.63. The second-order valence-corrected chi connectivity index (χ2v) is 6.42. The second kappa shape index (κ2) is 6.06. The minimum atomic E-state index is 0.581. The predicted octanol–water partition coefficient (Wildman–Crippen LogP) is 1.94. The van der Waals surface area contributed by atoms with E-state index in [1.807, 2.05) is 11.7 Å². The van der Waals surface area contributed by atoms with Gasteiger partial charge in [-0.3, -0.25) is 9.58 Å². The van der Waals surface area contributed by atoms with Crippen molar-refractivity contribution in [2.45, 2.75) is 52.7 Å². The molecule has 1 aliphatic rings. The van der Waals surface area contributed by atoms with Crippen LogP contribution in [0.25, 0.3) is 0 Å². The maximum Gasteiger partial charge on any atom is 0.0597 e. The molecule has 1 saturated heterocycles. The van der Waals surface area contributed by atoms with Gasteiger partial charge in [-0.1, -0.05) is 13.8 Å². The van der Waals surface area contributed by atoms with E-state index >= 15 is 0 Å². The zero-order valence-corrected chi connectivity index (χ0v) is 13.0. The van der Waals surface area contributed by atoms with Gasteiger partial charge in [0.25, 0.3) is 0 Å². The summed E-state index contributed by atoms with van der Waals surface area (Å²) in [4.78, 5) is 2.62. The van der Waals surface area contributed by atoms with Gasteiger partial charge in [0.05, 0.1) is 11.4 Å². The third-order valence-electron chi connectivity index (χ3n) is 3.93. The van der Waals surface area contributed by atoms with Gasteiger partial charge in [-0.25, -0.2) is 0 Å². The summed E-state index contributed by atoms with van der Waals surface area (Å²) >= 11 is 0. The average molecular weight is 264 g/mol. The minimum absolute atomic E-state index is 0.581. The van der Waals surface area contributed by atoms with Crippen LogP contribution >= 0.6 is 0 Å². The van der Waals surface area contributed by atoms with E-state index in [2.05, 4.69) is 49.1 Å². The Morgan fingerprint density at radius 1 is 1.47 bits per heavy atom. The molecule has 0 radical (unpaired) electrons. The highest BCUT2D eigenvalue weighted by atomic mass is 15.3. The van der Waals surface area contributed by atoms with E-state index in [1.54, 1.807) is 0 Å². The largest absolute Gasteiger partial charge is 0.311 e. The first-order valence-electron chi connectivity index (χ1n) is 7.42. The van der Waals surface area contributed by atoms with E-state index in [4.69, 9.17) is 0 Å². The first-order valence-corrected chi connectivity index (χ1v) is 7.42. The number of aromatic nitrogens is 2. The fourth-order valence-electron chi connectivity index (χ4n) is 3.02. The zero-order valence-electron chi connectivity index (χ0n) is 13.0. The van der Waals surface area contributed by atoms with Crippen molar-refractivity contribution in [3.8, 4) is 0 Å². The van der Waals surface area contributed by atoms with Gasteiger partial charge in [-0.2, -0.15) is 5.10 Å². The fraction of sp³-hybridized carbons (Fsp3) is 0.800. The molecule has 0 aliphatic carbocycles. The number of nitrogens with one attached hydrogen (secondary N) is 1. The van der Waals surface area contributed by atoms with Gasteiger partial charge >= 0.3 is 0 Å². The Hall–Kier alpha value is -0.870. The molecule has 1 aromatic heterocycles. The molecular formula is C15H28N4. The number of piperazine rings is 1. The lowest BCUT2D eigenvalue weighted by atomic mass is 9.99. The number of aryl methyl sites for hydroxylation is 2. The van der Waals surface area contributed by atoms with Gasteiger partial charge in [0.1, 0.15) is 0 Å². The monoisotopic (exact) mass is 264 g/mol. The molecular weight excluding hydrogens is 236 g/mol. The lowest BCUT2D eigenvalue weighted by Gasteiger charge is -2.40. The summed E-state index contributed by atoms with van der Waals surface area (Å²) in [5, 5.41) is 8.06. The fourth-order valence-corrected chi connectivity index (χ4v) is 3.02. The summed E-state index contributed by atoms with van der Waals surface area (Å²) in [6.07, 6.45) is 1.26. The van der Waals surface area contributed by atoms with Gasteiger partial charge < -0.3 is 5.32 Å². The van der Waals surface area contributed by atoms with E-state index in [0.717, 1.165) is 31.2 Å². The molecule has 4 nitrogen and oxygen atoms in total. The molecule has 0 saturated carbocycles. The number of rotatable bonds is 4. The van der Waals surface area contributed by atoms with Crippen molar-refractivity contribution in [1.82, 2.24) is 20.0 Å². The third kappa shape index (κ3) is 3.80. The highest BCUT2D eigenvalue weighted by Gasteiger charge is 2.26. The Morgan fingerprint density at radius 2 is 2.21 bits per heavy atom. The zero-order chi connectivity index (χ0) is 14.0. The smallest absolute Gasteiger partial charge is 0.0597 e. The van der Waals surface area contributed by atoms with Gasteiger partial charge in [0, 0.05) is 38.8 Å². The highest BCUT2D eigenvalue weighted by Crippen LogP contribution is 2.18. The van der Waals surface area contributed by atoms with E-state index < -0.39 is 0 Å². The maximum absolute atomic E-state index is 4.46. The number of nitrogens with zero attached hydrogens (tertiary/aromatic N) is 3. The standard InChI is InChI=1S/C15H28N4/c1-11(2)6-14-8-16-13(4)9-19(14)10-15-7-12(3)17-18(15)5/h7,11,13-14,16H,6,8-10H2,1-5H3. The minimum Gasteiger partial charge on any atom is -0.311 e. The molecule has 0 amide bonds. The van der Waals surface area contributed by atoms with Crippen molar-refractivity contribution < 1.29 is 0 Å². The van der Waals surface area contributed by atoms with Crippen LogP contribution in [0.5, 0.6) is 0 Å². The summed E-state index contributed by atoms with van der Waals surface area (Å²) in [5.74, 6) is 0.746. The first-order chi connectivity index (χ1) is 8.95. The summed E-state index contributed by atoms with van der Waals surface area (Å²) in [6.45, 7) is 12.2. The van der Waals surface area contributed by atoms with Gasteiger partial charge in [0.2, 0.25) is 0 Å². The number of hydrogen-bond donors (Lipinski definition) is 1. The lowest BCUT2D eigenvalue weighted by molar-refractivity contribution is 0.108. The van der Waals surface area contributed by atoms with Crippen LogP contribution in [-0.4, -0.2) is 39.9 Å². The molecule has 1 aliphatic heterocycles. The summed E-state index contributed by atoms with van der Waals surface area (Å²) in [7, 11) is 2.05. The van der Waals surface area contributed by atoms with Crippen LogP contribution in [0.2, 0.25) is 0 Å². The summed E-state index contributed by atoms with van der Waals surface area (Å²) in [5.41, 5.74) is 2.43. The molecule has 2 heterocycles. The van der Waals surface area contributed by atoms with Crippen LogP contribution in [0, 0.1) is 12.8 Å². The Balaban J connectivity index is 2.07. The first kappa shape index (κ1) is 14.5. The Bertz CT molecular complexity index is 410. The third-order valence-corrected chi connectivity index (χ3v) is 3.93. The molecule has 0 aromatic carbocycles.